The van der Waals surface area contributed by atoms with Crippen LogP contribution in [0.25, 0.3) is 0 Å². The molecule has 0 saturated heterocycles. The molecule has 1 aromatic heterocycles. The van der Waals surface area contributed by atoms with Gasteiger partial charge in [0.25, 0.3) is 0 Å². The second kappa shape index (κ2) is 5.21. The number of benzene rings is 1. The molecule has 0 bridgehead atoms. The molecule has 0 amide bonds. The minimum absolute atomic E-state index is 0.142. The summed E-state index contributed by atoms with van der Waals surface area (Å²) in [4.78, 5) is 0. The average Bonchev–Trinajstić information content (AvgIpc) is 2.69. The topological polar surface area (TPSA) is 33.4 Å². The molecule has 0 fully saturated rings. The van der Waals surface area contributed by atoms with Gasteiger partial charge in [-0.15, -0.1) is 0 Å². The van der Waals surface area contributed by atoms with Crippen molar-refractivity contribution in [3.05, 3.63) is 57.2 Å². The molecule has 0 saturated carbocycles. The second-order valence-electron chi connectivity index (χ2n) is 3.60. The lowest BCUT2D eigenvalue weighted by Gasteiger charge is -2.08. The zero-order valence-corrected chi connectivity index (χ0v) is 11.0. The maximum atomic E-state index is 13.5. The molecular formula is C12H9BrClFO2. The lowest BCUT2D eigenvalue weighted by molar-refractivity contribution is 0.149. The fourth-order valence-electron chi connectivity index (χ4n) is 1.50. The minimum atomic E-state index is -0.904. The normalized spacial score (nSPS) is 12.7. The van der Waals surface area contributed by atoms with Gasteiger partial charge in [0.05, 0.1) is 0 Å². The Morgan fingerprint density at radius 1 is 1.35 bits per heavy atom. The lowest BCUT2D eigenvalue weighted by Crippen LogP contribution is -2.02. The van der Waals surface area contributed by atoms with Crippen LogP contribution in [0, 0.1) is 5.82 Å². The highest BCUT2D eigenvalue weighted by atomic mass is 79.9. The summed E-state index contributed by atoms with van der Waals surface area (Å²) in [6.07, 6.45) is -0.763. The smallest absolute Gasteiger partial charge is 0.193 e. The van der Waals surface area contributed by atoms with E-state index in [1.807, 2.05) is 0 Å². The molecule has 0 spiro atoms. The first-order valence-corrected chi connectivity index (χ1v) is 6.10. The molecule has 0 aliphatic carbocycles. The van der Waals surface area contributed by atoms with E-state index in [1.54, 1.807) is 18.2 Å². The summed E-state index contributed by atoms with van der Waals surface area (Å²) >= 11 is 8.77. The fourth-order valence-corrected chi connectivity index (χ4v) is 1.99. The van der Waals surface area contributed by atoms with Crippen molar-refractivity contribution in [1.29, 1.82) is 0 Å². The quantitative estimate of drug-likeness (QED) is 0.923. The first-order chi connectivity index (χ1) is 8.06. The van der Waals surface area contributed by atoms with Gasteiger partial charge in [0.1, 0.15) is 17.7 Å². The van der Waals surface area contributed by atoms with Gasteiger partial charge >= 0.3 is 0 Å². The van der Waals surface area contributed by atoms with Gasteiger partial charge in [0.2, 0.25) is 0 Å². The van der Waals surface area contributed by atoms with E-state index in [1.165, 1.54) is 12.1 Å². The molecular weight excluding hydrogens is 310 g/mol. The monoisotopic (exact) mass is 318 g/mol. The van der Waals surface area contributed by atoms with Crippen molar-refractivity contribution in [3.63, 3.8) is 0 Å². The first-order valence-electron chi connectivity index (χ1n) is 4.93. The maximum absolute atomic E-state index is 13.5. The molecule has 1 unspecified atom stereocenters. The summed E-state index contributed by atoms with van der Waals surface area (Å²) < 4.78 is 19.3. The molecule has 2 rings (SSSR count). The number of halogens is 3. The van der Waals surface area contributed by atoms with E-state index in [0.717, 1.165) is 0 Å². The van der Waals surface area contributed by atoms with Crippen molar-refractivity contribution < 1.29 is 13.9 Å². The SMILES string of the molecule is OC(Cc1ccc(Br)cc1F)c1ccc(Cl)o1. The van der Waals surface area contributed by atoms with Crippen LogP contribution >= 0.6 is 27.5 Å². The van der Waals surface area contributed by atoms with Crippen molar-refractivity contribution in [2.24, 2.45) is 0 Å². The van der Waals surface area contributed by atoms with E-state index in [0.29, 0.717) is 15.8 Å². The van der Waals surface area contributed by atoms with Crippen LogP contribution in [0.1, 0.15) is 17.4 Å². The van der Waals surface area contributed by atoms with Crippen LogP contribution in [0.15, 0.2) is 39.2 Å². The van der Waals surface area contributed by atoms with Gasteiger partial charge in [-0.05, 0) is 41.4 Å². The molecule has 1 heterocycles. The summed E-state index contributed by atoms with van der Waals surface area (Å²) in [6, 6.07) is 7.81. The van der Waals surface area contributed by atoms with Crippen molar-refractivity contribution in [2.45, 2.75) is 12.5 Å². The minimum Gasteiger partial charge on any atom is -0.447 e. The van der Waals surface area contributed by atoms with Crippen LogP contribution in [-0.2, 0) is 6.42 Å². The molecule has 0 aliphatic rings. The molecule has 1 atom stereocenters. The average molecular weight is 320 g/mol. The van der Waals surface area contributed by atoms with Crippen LogP contribution in [0.2, 0.25) is 5.22 Å². The molecule has 1 aromatic carbocycles. The molecule has 0 radical (unpaired) electrons. The number of hydrogen-bond acceptors (Lipinski definition) is 2. The highest BCUT2D eigenvalue weighted by molar-refractivity contribution is 9.10. The molecule has 17 heavy (non-hydrogen) atoms. The van der Waals surface area contributed by atoms with E-state index >= 15 is 0 Å². The van der Waals surface area contributed by atoms with E-state index in [2.05, 4.69) is 15.9 Å². The van der Waals surface area contributed by atoms with Crippen molar-refractivity contribution in [3.8, 4) is 0 Å². The summed E-state index contributed by atoms with van der Waals surface area (Å²) in [6.45, 7) is 0. The highest BCUT2D eigenvalue weighted by Gasteiger charge is 2.15. The van der Waals surface area contributed by atoms with Crippen molar-refractivity contribution in [2.75, 3.05) is 0 Å². The Kier molecular flexibility index (Phi) is 3.86. The third-order valence-electron chi connectivity index (χ3n) is 2.35. The number of aliphatic hydroxyl groups excluding tert-OH is 1. The van der Waals surface area contributed by atoms with Crippen molar-refractivity contribution in [1.82, 2.24) is 0 Å². The summed E-state index contributed by atoms with van der Waals surface area (Å²) in [5.41, 5.74) is 0.424. The third-order valence-corrected chi connectivity index (χ3v) is 3.05. The number of hydrogen-bond donors (Lipinski definition) is 1. The van der Waals surface area contributed by atoms with Gasteiger partial charge in [-0.1, -0.05) is 22.0 Å². The summed E-state index contributed by atoms with van der Waals surface area (Å²) in [5, 5.41) is 10.1. The largest absolute Gasteiger partial charge is 0.447 e. The number of aliphatic hydroxyl groups is 1. The Bertz CT molecular complexity index is 527. The van der Waals surface area contributed by atoms with Gasteiger partial charge in [0.15, 0.2) is 5.22 Å². The van der Waals surface area contributed by atoms with Gasteiger partial charge < -0.3 is 9.52 Å². The highest BCUT2D eigenvalue weighted by Crippen LogP contribution is 2.25. The molecule has 5 heteroatoms. The Morgan fingerprint density at radius 3 is 2.71 bits per heavy atom. The zero-order valence-electron chi connectivity index (χ0n) is 8.66. The van der Waals surface area contributed by atoms with Gasteiger partial charge in [0, 0.05) is 10.9 Å². The first kappa shape index (κ1) is 12.6. The molecule has 0 aliphatic heterocycles. The fraction of sp³-hybridized carbons (Fsp3) is 0.167. The molecule has 2 aromatic rings. The van der Waals surface area contributed by atoms with Gasteiger partial charge in [-0.3, -0.25) is 0 Å². The van der Waals surface area contributed by atoms with Gasteiger partial charge in [-0.25, -0.2) is 4.39 Å². The number of rotatable bonds is 3. The lowest BCUT2D eigenvalue weighted by atomic mass is 10.1. The Labute approximate surface area is 111 Å². The van der Waals surface area contributed by atoms with Crippen LogP contribution in [0.4, 0.5) is 4.39 Å². The van der Waals surface area contributed by atoms with E-state index < -0.39 is 6.10 Å². The Balaban J connectivity index is 2.15. The molecule has 1 N–H and O–H groups in total. The predicted molar refractivity (Wildman–Crippen MR) is 66.5 cm³/mol. The van der Waals surface area contributed by atoms with Crippen LogP contribution < -0.4 is 0 Å². The molecule has 2 nitrogen and oxygen atoms in total. The molecule has 90 valence electrons. The standard InChI is InChI=1S/C12H9BrClFO2/c13-8-2-1-7(9(15)6-8)5-10(16)11-3-4-12(14)17-11/h1-4,6,10,16H,5H2. The van der Waals surface area contributed by atoms with Crippen LogP contribution in [0.3, 0.4) is 0 Å². The maximum Gasteiger partial charge on any atom is 0.193 e. The van der Waals surface area contributed by atoms with Gasteiger partial charge in [-0.2, -0.15) is 0 Å². The summed E-state index contributed by atoms with van der Waals surface area (Å²) in [5.74, 6) is -0.0339. The Morgan fingerprint density at radius 2 is 2.12 bits per heavy atom. The van der Waals surface area contributed by atoms with Crippen LogP contribution in [-0.4, -0.2) is 5.11 Å². The van der Waals surface area contributed by atoms with E-state index in [4.69, 9.17) is 16.0 Å². The van der Waals surface area contributed by atoms with E-state index in [-0.39, 0.29) is 17.5 Å². The third kappa shape index (κ3) is 3.09. The second-order valence-corrected chi connectivity index (χ2v) is 4.89. The van der Waals surface area contributed by atoms with Crippen LogP contribution in [0.5, 0.6) is 0 Å². The van der Waals surface area contributed by atoms with Crippen molar-refractivity contribution >= 4 is 27.5 Å². The predicted octanol–water partition coefficient (Wildman–Crippen LogP) is 4.11. The van der Waals surface area contributed by atoms with E-state index in [9.17, 15) is 9.50 Å². The Hall–Kier alpha value is -0.840. The number of furan rings is 1. The zero-order chi connectivity index (χ0) is 12.4. The summed E-state index contributed by atoms with van der Waals surface area (Å²) in [7, 11) is 0.